The van der Waals surface area contributed by atoms with Crippen molar-refractivity contribution >= 4 is 23.4 Å². The van der Waals surface area contributed by atoms with E-state index in [-0.39, 0.29) is 24.4 Å². The summed E-state index contributed by atoms with van der Waals surface area (Å²) in [4.78, 5) is 27.9. The van der Waals surface area contributed by atoms with Gasteiger partial charge in [-0.3, -0.25) is 9.59 Å². The van der Waals surface area contributed by atoms with Crippen LogP contribution in [-0.2, 0) is 22.7 Å². The molecule has 0 saturated heterocycles. The Morgan fingerprint density at radius 1 is 1.18 bits per heavy atom. The molecule has 148 valence electrons. The van der Waals surface area contributed by atoms with Crippen LogP contribution in [-0.4, -0.2) is 27.3 Å². The molecule has 1 aromatic heterocycles. The SMILES string of the molecule is C[C@@H]1CCCC[C@H]1NC(=O)[C@@H]1c2cccn2CC(=O)N1Cc1ccccc1Cl. The van der Waals surface area contributed by atoms with Crippen LogP contribution in [0.4, 0.5) is 0 Å². The van der Waals surface area contributed by atoms with Crippen LogP contribution in [0, 0.1) is 5.92 Å². The Labute approximate surface area is 170 Å². The zero-order chi connectivity index (χ0) is 19.7. The van der Waals surface area contributed by atoms with Crippen molar-refractivity contribution in [2.24, 2.45) is 5.92 Å². The van der Waals surface area contributed by atoms with E-state index in [4.69, 9.17) is 11.6 Å². The summed E-state index contributed by atoms with van der Waals surface area (Å²) in [7, 11) is 0. The molecule has 1 aromatic carbocycles. The van der Waals surface area contributed by atoms with E-state index >= 15 is 0 Å². The number of fused-ring (bicyclic) bond motifs is 1. The molecule has 0 unspecified atom stereocenters. The van der Waals surface area contributed by atoms with E-state index < -0.39 is 6.04 Å². The summed E-state index contributed by atoms with van der Waals surface area (Å²) < 4.78 is 1.87. The minimum Gasteiger partial charge on any atom is -0.351 e. The molecule has 4 rings (SSSR count). The minimum atomic E-state index is -0.637. The van der Waals surface area contributed by atoms with Gasteiger partial charge in [0, 0.05) is 23.8 Å². The molecule has 1 N–H and O–H groups in total. The maximum Gasteiger partial charge on any atom is 0.249 e. The molecule has 1 aliphatic carbocycles. The Morgan fingerprint density at radius 3 is 2.75 bits per heavy atom. The first-order chi connectivity index (χ1) is 13.5. The number of amides is 2. The molecule has 3 atom stereocenters. The number of carbonyl (C=O) groups is 2. The fraction of sp³-hybridized carbons (Fsp3) is 0.455. The summed E-state index contributed by atoms with van der Waals surface area (Å²) in [5.41, 5.74) is 1.70. The summed E-state index contributed by atoms with van der Waals surface area (Å²) in [6, 6.07) is 10.8. The molecular weight excluding hydrogens is 374 g/mol. The van der Waals surface area contributed by atoms with Crippen LogP contribution in [0.3, 0.4) is 0 Å². The molecule has 6 heteroatoms. The number of halogens is 1. The van der Waals surface area contributed by atoms with Gasteiger partial charge in [0.25, 0.3) is 0 Å². The van der Waals surface area contributed by atoms with Crippen LogP contribution < -0.4 is 5.32 Å². The van der Waals surface area contributed by atoms with Crippen molar-refractivity contribution in [3.63, 3.8) is 0 Å². The lowest BCUT2D eigenvalue weighted by atomic mass is 9.85. The van der Waals surface area contributed by atoms with Crippen molar-refractivity contribution in [2.45, 2.75) is 57.8 Å². The molecule has 0 radical (unpaired) electrons. The fourth-order valence-electron chi connectivity index (χ4n) is 4.42. The summed E-state index contributed by atoms with van der Waals surface area (Å²) in [5, 5.41) is 3.85. The molecule has 0 spiro atoms. The Balaban J connectivity index is 1.63. The van der Waals surface area contributed by atoms with Crippen LogP contribution >= 0.6 is 11.6 Å². The fourth-order valence-corrected chi connectivity index (χ4v) is 4.61. The van der Waals surface area contributed by atoms with Crippen LogP contribution in [0.5, 0.6) is 0 Å². The van der Waals surface area contributed by atoms with Crippen molar-refractivity contribution in [2.75, 3.05) is 0 Å². The highest BCUT2D eigenvalue weighted by molar-refractivity contribution is 6.31. The van der Waals surface area contributed by atoms with E-state index in [1.54, 1.807) is 4.90 Å². The third-order valence-electron chi connectivity index (χ3n) is 6.07. The van der Waals surface area contributed by atoms with Gasteiger partial charge in [-0.25, -0.2) is 0 Å². The maximum absolute atomic E-state index is 13.4. The van der Waals surface area contributed by atoms with Crippen molar-refractivity contribution < 1.29 is 9.59 Å². The van der Waals surface area contributed by atoms with Gasteiger partial charge in [-0.05, 0) is 42.5 Å². The molecule has 2 heterocycles. The predicted octanol–water partition coefficient (Wildman–Crippen LogP) is 3.92. The maximum atomic E-state index is 13.4. The molecular formula is C22H26ClN3O2. The number of nitrogens with zero attached hydrogens (tertiary/aromatic N) is 2. The lowest BCUT2D eigenvalue weighted by molar-refractivity contribution is -0.145. The minimum absolute atomic E-state index is 0.0690. The lowest BCUT2D eigenvalue weighted by Gasteiger charge is -2.38. The van der Waals surface area contributed by atoms with Crippen molar-refractivity contribution in [1.82, 2.24) is 14.8 Å². The zero-order valence-electron chi connectivity index (χ0n) is 16.1. The van der Waals surface area contributed by atoms with Gasteiger partial charge >= 0.3 is 0 Å². The monoisotopic (exact) mass is 399 g/mol. The molecule has 2 amide bonds. The van der Waals surface area contributed by atoms with Crippen LogP contribution in [0.1, 0.15) is 49.9 Å². The molecule has 1 saturated carbocycles. The van der Waals surface area contributed by atoms with Gasteiger partial charge in [0.2, 0.25) is 11.8 Å². The molecule has 2 aliphatic rings. The topological polar surface area (TPSA) is 54.3 Å². The molecule has 5 nitrogen and oxygen atoms in total. The highest BCUT2D eigenvalue weighted by atomic mass is 35.5. The zero-order valence-corrected chi connectivity index (χ0v) is 16.9. The average Bonchev–Trinajstić information content (AvgIpc) is 3.13. The van der Waals surface area contributed by atoms with Gasteiger partial charge < -0.3 is 14.8 Å². The van der Waals surface area contributed by atoms with E-state index in [2.05, 4.69) is 12.2 Å². The molecule has 2 aromatic rings. The van der Waals surface area contributed by atoms with E-state index in [0.29, 0.717) is 17.5 Å². The number of aromatic nitrogens is 1. The quantitative estimate of drug-likeness (QED) is 0.847. The number of hydrogen-bond acceptors (Lipinski definition) is 2. The van der Waals surface area contributed by atoms with Crippen molar-refractivity contribution in [3.8, 4) is 0 Å². The first-order valence-electron chi connectivity index (χ1n) is 10.0. The van der Waals surface area contributed by atoms with E-state index in [9.17, 15) is 9.59 Å². The van der Waals surface area contributed by atoms with Gasteiger partial charge in [0.15, 0.2) is 6.04 Å². The molecule has 28 heavy (non-hydrogen) atoms. The van der Waals surface area contributed by atoms with Crippen LogP contribution in [0.2, 0.25) is 5.02 Å². The van der Waals surface area contributed by atoms with Gasteiger partial charge in [-0.2, -0.15) is 0 Å². The number of hydrogen-bond donors (Lipinski definition) is 1. The largest absolute Gasteiger partial charge is 0.351 e. The van der Waals surface area contributed by atoms with Gasteiger partial charge in [0.1, 0.15) is 6.54 Å². The summed E-state index contributed by atoms with van der Waals surface area (Å²) in [6.07, 6.45) is 6.35. The Bertz CT molecular complexity index is 878. The van der Waals surface area contributed by atoms with Crippen LogP contribution in [0.25, 0.3) is 0 Å². The standard InChI is InChI=1S/C22H26ClN3O2/c1-15-7-2-5-10-18(15)24-22(28)21-19-11-6-12-25(19)14-20(27)26(21)13-16-8-3-4-9-17(16)23/h3-4,6,8-9,11-12,15,18,21H,2,5,7,10,13-14H2,1H3,(H,24,28)/t15-,18-,21+/m1/s1. The van der Waals surface area contributed by atoms with Crippen molar-refractivity contribution in [1.29, 1.82) is 0 Å². The second-order valence-corrected chi connectivity index (χ2v) is 8.36. The lowest BCUT2D eigenvalue weighted by Crippen LogP contribution is -2.51. The Morgan fingerprint density at radius 2 is 1.96 bits per heavy atom. The normalized spacial score (nSPS) is 24.7. The second-order valence-electron chi connectivity index (χ2n) is 7.95. The third kappa shape index (κ3) is 3.68. The second kappa shape index (κ2) is 8.00. The number of nitrogens with one attached hydrogen (secondary N) is 1. The summed E-state index contributed by atoms with van der Waals surface area (Å²) in [5.74, 6) is 0.292. The summed E-state index contributed by atoms with van der Waals surface area (Å²) >= 11 is 6.33. The predicted molar refractivity (Wildman–Crippen MR) is 109 cm³/mol. The van der Waals surface area contributed by atoms with Crippen molar-refractivity contribution in [3.05, 3.63) is 58.9 Å². The Hall–Kier alpha value is -2.27. The van der Waals surface area contributed by atoms with Crippen LogP contribution in [0.15, 0.2) is 42.6 Å². The highest BCUT2D eigenvalue weighted by Gasteiger charge is 2.38. The first kappa shape index (κ1) is 19.1. The number of carbonyl (C=O) groups excluding carboxylic acids is 2. The van der Waals surface area contributed by atoms with Gasteiger partial charge in [-0.1, -0.05) is 49.6 Å². The highest BCUT2D eigenvalue weighted by Crippen LogP contribution is 2.31. The summed E-state index contributed by atoms with van der Waals surface area (Å²) in [6.45, 7) is 2.76. The molecule has 1 aliphatic heterocycles. The third-order valence-corrected chi connectivity index (χ3v) is 6.44. The van der Waals surface area contributed by atoms with Gasteiger partial charge in [0.05, 0.1) is 5.69 Å². The van der Waals surface area contributed by atoms with Gasteiger partial charge in [-0.15, -0.1) is 0 Å². The molecule has 1 fully saturated rings. The number of benzene rings is 1. The smallest absolute Gasteiger partial charge is 0.249 e. The average molecular weight is 400 g/mol. The van der Waals surface area contributed by atoms with E-state index in [0.717, 1.165) is 30.5 Å². The number of rotatable bonds is 4. The van der Waals surface area contributed by atoms with E-state index in [1.807, 2.05) is 47.2 Å². The first-order valence-corrected chi connectivity index (χ1v) is 10.4. The molecule has 0 bridgehead atoms. The van der Waals surface area contributed by atoms with E-state index in [1.165, 1.54) is 6.42 Å². The Kier molecular flexibility index (Phi) is 5.44.